The predicted octanol–water partition coefficient (Wildman–Crippen LogP) is 5.54. The fourth-order valence-corrected chi connectivity index (χ4v) is 2.68. The SMILES string of the molecule is Nc1c(/N=N/c2ccccc2)c(-c2ccccc2)nn1-c1ccccc1. The first-order valence-corrected chi connectivity index (χ1v) is 8.29. The first kappa shape index (κ1) is 15.8. The van der Waals surface area contributed by atoms with E-state index in [4.69, 9.17) is 10.8 Å². The second kappa shape index (κ2) is 7.03. The molecule has 26 heavy (non-hydrogen) atoms. The lowest BCUT2D eigenvalue weighted by Crippen LogP contribution is -2.01. The molecule has 4 rings (SSSR count). The summed E-state index contributed by atoms with van der Waals surface area (Å²) in [5.74, 6) is 0.453. The number of nitrogens with two attached hydrogens (primary N) is 1. The van der Waals surface area contributed by atoms with E-state index in [1.807, 2.05) is 91.0 Å². The van der Waals surface area contributed by atoms with Gasteiger partial charge in [-0.05, 0) is 24.3 Å². The number of azo groups is 1. The lowest BCUT2D eigenvalue weighted by Gasteiger charge is -2.02. The van der Waals surface area contributed by atoms with Crippen molar-refractivity contribution in [2.75, 3.05) is 5.73 Å². The third-order valence-corrected chi connectivity index (χ3v) is 3.96. The van der Waals surface area contributed by atoms with Gasteiger partial charge in [-0.1, -0.05) is 66.7 Å². The van der Waals surface area contributed by atoms with Crippen molar-refractivity contribution < 1.29 is 0 Å². The van der Waals surface area contributed by atoms with Gasteiger partial charge >= 0.3 is 0 Å². The molecule has 0 unspecified atom stereocenters. The highest BCUT2D eigenvalue weighted by Gasteiger charge is 2.18. The van der Waals surface area contributed by atoms with Crippen molar-refractivity contribution in [2.45, 2.75) is 0 Å². The summed E-state index contributed by atoms with van der Waals surface area (Å²) in [6, 6.07) is 29.2. The zero-order valence-corrected chi connectivity index (χ0v) is 14.0. The second-order valence-corrected chi connectivity index (χ2v) is 5.73. The van der Waals surface area contributed by atoms with Crippen LogP contribution in [0.4, 0.5) is 17.2 Å². The number of nitrogen functional groups attached to an aromatic ring is 1. The normalized spacial score (nSPS) is 11.1. The summed E-state index contributed by atoms with van der Waals surface area (Å²) in [5, 5.41) is 13.4. The van der Waals surface area contributed by atoms with Crippen molar-refractivity contribution in [2.24, 2.45) is 10.2 Å². The maximum atomic E-state index is 6.38. The van der Waals surface area contributed by atoms with Crippen molar-refractivity contribution in [1.29, 1.82) is 0 Å². The number of nitrogens with zero attached hydrogens (tertiary/aromatic N) is 4. The molecule has 0 spiro atoms. The monoisotopic (exact) mass is 339 g/mol. The van der Waals surface area contributed by atoms with Crippen molar-refractivity contribution in [3.8, 4) is 16.9 Å². The average molecular weight is 339 g/mol. The standard InChI is InChI=1S/C21H17N5/c22-21-20(24-23-17-12-6-2-7-13-17)19(16-10-4-1-5-11-16)25-26(21)18-14-8-3-9-15-18/h1-15H,22H2/b24-23+. The van der Waals surface area contributed by atoms with E-state index in [9.17, 15) is 0 Å². The molecular weight excluding hydrogens is 322 g/mol. The number of aromatic nitrogens is 2. The zero-order chi connectivity index (χ0) is 17.8. The van der Waals surface area contributed by atoms with Crippen LogP contribution in [0.1, 0.15) is 0 Å². The fraction of sp³-hybridized carbons (Fsp3) is 0. The first-order valence-electron chi connectivity index (χ1n) is 8.29. The summed E-state index contributed by atoms with van der Waals surface area (Å²) in [6.45, 7) is 0. The van der Waals surface area contributed by atoms with E-state index in [0.29, 0.717) is 17.2 Å². The van der Waals surface area contributed by atoms with Gasteiger partial charge in [0.05, 0.1) is 11.4 Å². The number of benzene rings is 3. The molecule has 0 aliphatic rings. The zero-order valence-electron chi connectivity index (χ0n) is 14.0. The van der Waals surface area contributed by atoms with Crippen LogP contribution in [0, 0.1) is 0 Å². The Morgan fingerprint density at radius 2 is 1.27 bits per heavy atom. The topological polar surface area (TPSA) is 68.6 Å². The molecule has 5 nitrogen and oxygen atoms in total. The predicted molar refractivity (Wildman–Crippen MR) is 104 cm³/mol. The van der Waals surface area contributed by atoms with Crippen molar-refractivity contribution in [3.63, 3.8) is 0 Å². The molecule has 5 heteroatoms. The van der Waals surface area contributed by atoms with Crippen LogP contribution < -0.4 is 5.73 Å². The number of para-hydroxylation sites is 1. The van der Waals surface area contributed by atoms with Crippen LogP contribution >= 0.6 is 0 Å². The number of anilines is 1. The quantitative estimate of drug-likeness (QED) is 0.496. The summed E-state index contributed by atoms with van der Waals surface area (Å²) in [5.41, 5.74) is 10.2. The number of hydrogen-bond donors (Lipinski definition) is 1. The van der Waals surface area contributed by atoms with E-state index in [0.717, 1.165) is 16.9 Å². The molecule has 0 aliphatic carbocycles. The Labute approximate surface area is 151 Å². The van der Waals surface area contributed by atoms with Gasteiger partial charge in [0.2, 0.25) is 0 Å². The molecule has 0 fully saturated rings. The third kappa shape index (κ3) is 3.10. The Balaban J connectivity index is 1.85. The molecule has 0 saturated heterocycles. The van der Waals surface area contributed by atoms with E-state index in [2.05, 4.69) is 10.2 Å². The van der Waals surface area contributed by atoms with Crippen LogP contribution in [0.2, 0.25) is 0 Å². The summed E-state index contributed by atoms with van der Waals surface area (Å²) in [4.78, 5) is 0. The van der Waals surface area contributed by atoms with E-state index < -0.39 is 0 Å². The Kier molecular flexibility index (Phi) is 4.26. The van der Waals surface area contributed by atoms with Crippen LogP contribution in [0.25, 0.3) is 16.9 Å². The second-order valence-electron chi connectivity index (χ2n) is 5.73. The van der Waals surface area contributed by atoms with Crippen LogP contribution in [-0.2, 0) is 0 Å². The van der Waals surface area contributed by atoms with Crippen molar-refractivity contribution in [3.05, 3.63) is 91.0 Å². The Hall–Kier alpha value is -3.73. The molecule has 126 valence electrons. The molecule has 0 radical (unpaired) electrons. The van der Waals surface area contributed by atoms with E-state index in [-0.39, 0.29) is 0 Å². The smallest absolute Gasteiger partial charge is 0.156 e. The number of hydrogen-bond acceptors (Lipinski definition) is 4. The molecule has 3 aromatic carbocycles. The van der Waals surface area contributed by atoms with Crippen LogP contribution in [-0.4, -0.2) is 9.78 Å². The highest BCUT2D eigenvalue weighted by Crippen LogP contribution is 2.37. The van der Waals surface area contributed by atoms with Gasteiger partial charge in [-0.3, -0.25) is 0 Å². The van der Waals surface area contributed by atoms with Crippen LogP contribution in [0.15, 0.2) is 101 Å². The minimum atomic E-state index is 0.453. The summed E-state index contributed by atoms with van der Waals surface area (Å²) >= 11 is 0. The average Bonchev–Trinajstić information content (AvgIpc) is 3.05. The van der Waals surface area contributed by atoms with Crippen LogP contribution in [0.3, 0.4) is 0 Å². The Morgan fingerprint density at radius 3 is 1.92 bits per heavy atom. The van der Waals surface area contributed by atoms with E-state index in [1.54, 1.807) is 4.68 Å². The molecule has 0 atom stereocenters. The van der Waals surface area contributed by atoms with Gasteiger partial charge in [-0.25, -0.2) is 4.68 Å². The lowest BCUT2D eigenvalue weighted by atomic mass is 10.1. The largest absolute Gasteiger partial charge is 0.382 e. The molecule has 2 N–H and O–H groups in total. The van der Waals surface area contributed by atoms with Gasteiger partial charge < -0.3 is 5.73 Å². The summed E-state index contributed by atoms with van der Waals surface area (Å²) in [7, 11) is 0. The summed E-state index contributed by atoms with van der Waals surface area (Å²) in [6.07, 6.45) is 0. The molecule has 0 amide bonds. The van der Waals surface area contributed by atoms with Crippen LogP contribution in [0.5, 0.6) is 0 Å². The minimum absolute atomic E-state index is 0.453. The fourth-order valence-electron chi connectivity index (χ4n) is 2.68. The molecule has 0 aliphatic heterocycles. The molecule has 1 heterocycles. The minimum Gasteiger partial charge on any atom is -0.382 e. The van der Waals surface area contributed by atoms with Crippen molar-refractivity contribution in [1.82, 2.24) is 9.78 Å². The Bertz CT molecular complexity index is 1020. The third-order valence-electron chi connectivity index (χ3n) is 3.96. The number of rotatable bonds is 4. The molecular formula is C21H17N5. The maximum absolute atomic E-state index is 6.38. The molecule has 4 aromatic rings. The first-order chi connectivity index (χ1) is 12.8. The molecule has 0 saturated carbocycles. The van der Waals surface area contributed by atoms with Crippen molar-refractivity contribution >= 4 is 17.2 Å². The maximum Gasteiger partial charge on any atom is 0.156 e. The highest BCUT2D eigenvalue weighted by molar-refractivity contribution is 5.80. The Morgan fingerprint density at radius 1 is 0.692 bits per heavy atom. The van der Waals surface area contributed by atoms with Gasteiger partial charge in [-0.15, -0.1) is 5.11 Å². The van der Waals surface area contributed by atoms with Gasteiger partial charge in [-0.2, -0.15) is 10.2 Å². The van der Waals surface area contributed by atoms with Gasteiger partial charge in [0.25, 0.3) is 0 Å². The lowest BCUT2D eigenvalue weighted by molar-refractivity contribution is 0.895. The van der Waals surface area contributed by atoms with Gasteiger partial charge in [0, 0.05) is 5.56 Å². The van der Waals surface area contributed by atoms with Gasteiger partial charge in [0.15, 0.2) is 11.5 Å². The molecule has 0 bridgehead atoms. The van der Waals surface area contributed by atoms with Gasteiger partial charge in [0.1, 0.15) is 5.69 Å². The highest BCUT2D eigenvalue weighted by atomic mass is 15.3. The summed E-state index contributed by atoms with van der Waals surface area (Å²) < 4.78 is 1.70. The van der Waals surface area contributed by atoms with E-state index >= 15 is 0 Å². The van der Waals surface area contributed by atoms with E-state index in [1.165, 1.54) is 0 Å². The molecule has 1 aromatic heterocycles.